The van der Waals surface area contributed by atoms with Crippen molar-refractivity contribution in [2.75, 3.05) is 46.7 Å². The quantitative estimate of drug-likeness (QED) is 0.700. The molecule has 0 heterocycles. The van der Waals surface area contributed by atoms with Crippen molar-refractivity contribution >= 4 is 17.5 Å². The fourth-order valence-corrected chi connectivity index (χ4v) is 1.90. The molecule has 0 aliphatic heterocycles. The van der Waals surface area contributed by atoms with Crippen LogP contribution in [0.2, 0.25) is 0 Å². The van der Waals surface area contributed by atoms with Crippen LogP contribution in [0, 0.1) is 5.41 Å². The molecule has 0 aromatic heterocycles. The van der Waals surface area contributed by atoms with Crippen LogP contribution < -0.4 is 20.1 Å². The molecule has 2 N–H and O–H groups in total. The largest absolute Gasteiger partial charge is 0.497 e. The van der Waals surface area contributed by atoms with Crippen molar-refractivity contribution < 1.29 is 19.1 Å². The van der Waals surface area contributed by atoms with Gasteiger partial charge in [-0.3, -0.25) is 9.59 Å². The second kappa shape index (κ2) is 8.54. The molecule has 1 aromatic rings. The first-order valence-corrected chi connectivity index (χ1v) is 7.69. The van der Waals surface area contributed by atoms with E-state index in [0.29, 0.717) is 30.3 Å². The van der Waals surface area contributed by atoms with Crippen LogP contribution in [0.5, 0.6) is 11.5 Å². The zero-order valence-electron chi connectivity index (χ0n) is 15.2. The van der Waals surface area contributed by atoms with Crippen LogP contribution in [0.3, 0.4) is 0 Å². The van der Waals surface area contributed by atoms with Gasteiger partial charge >= 0.3 is 0 Å². The number of carbonyl (C=O) groups is 2. The van der Waals surface area contributed by atoms with E-state index in [1.807, 2.05) is 19.0 Å². The summed E-state index contributed by atoms with van der Waals surface area (Å²) in [6.07, 6.45) is 0. The number of carbonyl (C=O) groups excluding carboxylic acids is 2. The minimum atomic E-state index is -1.21. The number of likely N-dealkylation sites (N-methyl/N-ethyl adjacent to an activating group) is 1. The van der Waals surface area contributed by atoms with Gasteiger partial charge in [0.1, 0.15) is 16.9 Å². The Morgan fingerprint density at radius 1 is 1.12 bits per heavy atom. The highest BCUT2D eigenvalue weighted by molar-refractivity contribution is 6.10. The molecular formula is C17H27N3O4. The minimum Gasteiger partial charge on any atom is -0.497 e. The van der Waals surface area contributed by atoms with Crippen LogP contribution in [0.1, 0.15) is 13.8 Å². The smallest absolute Gasteiger partial charge is 0.239 e. The van der Waals surface area contributed by atoms with Gasteiger partial charge in [0.25, 0.3) is 0 Å². The van der Waals surface area contributed by atoms with Crippen LogP contribution in [0.15, 0.2) is 18.2 Å². The summed E-state index contributed by atoms with van der Waals surface area (Å²) >= 11 is 0. The molecule has 0 fully saturated rings. The third-order valence-corrected chi connectivity index (χ3v) is 3.64. The van der Waals surface area contributed by atoms with Crippen molar-refractivity contribution in [2.45, 2.75) is 13.8 Å². The third kappa shape index (κ3) is 5.13. The summed E-state index contributed by atoms with van der Waals surface area (Å²) in [6, 6.07) is 5.05. The first-order chi connectivity index (χ1) is 11.2. The topological polar surface area (TPSA) is 79.9 Å². The lowest BCUT2D eigenvalue weighted by Gasteiger charge is -2.24. The van der Waals surface area contributed by atoms with Gasteiger partial charge in [0.15, 0.2) is 0 Å². The van der Waals surface area contributed by atoms with Gasteiger partial charge in [-0.15, -0.1) is 0 Å². The summed E-state index contributed by atoms with van der Waals surface area (Å²) in [6.45, 7) is 4.36. The molecule has 0 unspecified atom stereocenters. The molecule has 2 amide bonds. The first kappa shape index (κ1) is 19.8. The number of ether oxygens (including phenoxy) is 2. The second-order valence-corrected chi connectivity index (χ2v) is 6.20. The molecule has 0 saturated carbocycles. The Labute approximate surface area is 143 Å². The molecule has 7 heteroatoms. The van der Waals surface area contributed by atoms with Crippen molar-refractivity contribution in [3.05, 3.63) is 18.2 Å². The summed E-state index contributed by atoms with van der Waals surface area (Å²) in [4.78, 5) is 26.8. The Morgan fingerprint density at radius 2 is 1.79 bits per heavy atom. The Balaban J connectivity index is 2.80. The van der Waals surface area contributed by atoms with Crippen LogP contribution in [-0.4, -0.2) is 58.1 Å². The molecule has 1 rings (SSSR count). The average molecular weight is 337 g/mol. The van der Waals surface area contributed by atoms with Crippen molar-refractivity contribution in [1.29, 1.82) is 0 Å². The monoisotopic (exact) mass is 337 g/mol. The lowest BCUT2D eigenvalue weighted by molar-refractivity contribution is -0.138. The zero-order chi connectivity index (χ0) is 18.3. The number of hydrogen-bond donors (Lipinski definition) is 2. The summed E-state index contributed by atoms with van der Waals surface area (Å²) in [5, 5.41) is 5.52. The lowest BCUT2D eigenvalue weighted by Crippen LogP contribution is -2.46. The van der Waals surface area contributed by atoms with E-state index in [1.54, 1.807) is 39.2 Å². The van der Waals surface area contributed by atoms with E-state index >= 15 is 0 Å². The number of nitrogens with one attached hydrogen (secondary N) is 2. The molecule has 24 heavy (non-hydrogen) atoms. The summed E-state index contributed by atoms with van der Waals surface area (Å²) < 4.78 is 10.4. The highest BCUT2D eigenvalue weighted by Gasteiger charge is 2.36. The Bertz CT molecular complexity index is 585. The van der Waals surface area contributed by atoms with E-state index in [4.69, 9.17) is 9.47 Å². The molecule has 1 aromatic carbocycles. The predicted molar refractivity (Wildman–Crippen MR) is 93.5 cm³/mol. The van der Waals surface area contributed by atoms with Crippen molar-refractivity contribution in [2.24, 2.45) is 5.41 Å². The molecular weight excluding hydrogens is 310 g/mol. The van der Waals surface area contributed by atoms with Crippen LogP contribution in [-0.2, 0) is 9.59 Å². The number of nitrogens with zero attached hydrogens (tertiary/aromatic N) is 1. The van der Waals surface area contributed by atoms with Gasteiger partial charge in [0.05, 0.1) is 19.9 Å². The number of hydrogen-bond acceptors (Lipinski definition) is 5. The Hall–Kier alpha value is -2.28. The summed E-state index contributed by atoms with van der Waals surface area (Å²) in [7, 11) is 6.89. The lowest BCUT2D eigenvalue weighted by atomic mass is 9.91. The van der Waals surface area contributed by atoms with Crippen molar-refractivity contribution in [1.82, 2.24) is 10.2 Å². The van der Waals surface area contributed by atoms with Crippen molar-refractivity contribution in [3.63, 3.8) is 0 Å². The number of amides is 2. The van der Waals surface area contributed by atoms with Gasteiger partial charge in [-0.25, -0.2) is 0 Å². The van der Waals surface area contributed by atoms with E-state index in [-0.39, 0.29) is 5.91 Å². The van der Waals surface area contributed by atoms with Crippen LogP contribution in [0.25, 0.3) is 0 Å². The fraction of sp³-hybridized carbons (Fsp3) is 0.529. The number of benzene rings is 1. The van der Waals surface area contributed by atoms with Gasteiger partial charge < -0.3 is 25.0 Å². The van der Waals surface area contributed by atoms with E-state index in [0.717, 1.165) is 0 Å². The Kier molecular flexibility index (Phi) is 7.03. The first-order valence-electron chi connectivity index (χ1n) is 7.69. The van der Waals surface area contributed by atoms with E-state index in [9.17, 15) is 9.59 Å². The number of rotatable bonds is 8. The highest BCUT2D eigenvalue weighted by Crippen LogP contribution is 2.30. The van der Waals surface area contributed by atoms with E-state index in [1.165, 1.54) is 7.11 Å². The van der Waals surface area contributed by atoms with E-state index in [2.05, 4.69) is 10.6 Å². The molecule has 0 aliphatic carbocycles. The molecule has 0 bridgehead atoms. The molecule has 0 spiro atoms. The second-order valence-electron chi connectivity index (χ2n) is 6.20. The molecule has 7 nitrogen and oxygen atoms in total. The maximum atomic E-state index is 12.5. The normalized spacial score (nSPS) is 11.1. The molecule has 0 aliphatic rings. The zero-order valence-corrected chi connectivity index (χ0v) is 15.2. The number of anilines is 1. The van der Waals surface area contributed by atoms with Gasteiger partial charge in [-0.2, -0.15) is 0 Å². The minimum absolute atomic E-state index is 0.325. The highest BCUT2D eigenvalue weighted by atomic mass is 16.5. The molecule has 134 valence electrons. The van der Waals surface area contributed by atoms with Crippen LogP contribution in [0.4, 0.5) is 5.69 Å². The standard InChI is InChI=1S/C17H27N3O4/c1-17(2,15(21)18-9-10-20(3)4)16(22)19-13-8-7-12(23-5)11-14(13)24-6/h7-8,11H,9-10H2,1-6H3,(H,18,21)(H,19,22). The predicted octanol–water partition coefficient (Wildman–Crippen LogP) is 1.35. The maximum Gasteiger partial charge on any atom is 0.239 e. The summed E-state index contributed by atoms with van der Waals surface area (Å²) in [5.41, 5.74) is -0.727. The van der Waals surface area contributed by atoms with Crippen LogP contribution >= 0.6 is 0 Å². The molecule has 0 saturated heterocycles. The van der Waals surface area contributed by atoms with Gasteiger partial charge in [-0.05, 0) is 40.1 Å². The average Bonchev–Trinajstić information content (AvgIpc) is 2.54. The summed E-state index contributed by atoms with van der Waals surface area (Å²) in [5.74, 6) is 0.347. The Morgan fingerprint density at radius 3 is 2.33 bits per heavy atom. The van der Waals surface area contributed by atoms with Gasteiger partial charge in [0.2, 0.25) is 11.8 Å². The maximum absolute atomic E-state index is 12.5. The third-order valence-electron chi connectivity index (χ3n) is 3.64. The van der Waals surface area contributed by atoms with Gasteiger partial charge in [-0.1, -0.05) is 0 Å². The molecule has 0 radical (unpaired) electrons. The van der Waals surface area contributed by atoms with Crippen molar-refractivity contribution in [3.8, 4) is 11.5 Å². The molecule has 0 atom stereocenters. The SMILES string of the molecule is COc1ccc(NC(=O)C(C)(C)C(=O)NCCN(C)C)c(OC)c1. The fourth-order valence-electron chi connectivity index (χ4n) is 1.90. The number of methoxy groups -OCH3 is 2. The van der Waals surface area contributed by atoms with E-state index < -0.39 is 11.3 Å². The van der Waals surface area contributed by atoms with Gasteiger partial charge in [0, 0.05) is 19.2 Å².